The maximum atomic E-state index is 12.4. The molecule has 1 unspecified atom stereocenters. The Labute approximate surface area is 103 Å². The Bertz CT molecular complexity index is 398. The largest absolute Gasteiger partial charge is 0.389 e. The van der Waals surface area contributed by atoms with Crippen molar-refractivity contribution in [3.8, 4) is 0 Å². The Morgan fingerprint density at radius 3 is 2.33 bits per heavy atom. The highest BCUT2D eigenvalue weighted by Gasteiger charge is 2.35. The third kappa shape index (κ3) is 4.69. The van der Waals surface area contributed by atoms with Crippen LogP contribution in [0.25, 0.3) is 0 Å². The average Bonchev–Trinajstić information content (AvgIpc) is 2.33. The molecule has 0 spiro atoms. The lowest BCUT2D eigenvalue weighted by molar-refractivity contribution is -0.142. The first-order chi connectivity index (χ1) is 8.44. The minimum Gasteiger partial charge on any atom is -0.303 e. The summed E-state index contributed by atoms with van der Waals surface area (Å²) in [5, 5.41) is 0. The van der Waals surface area contributed by atoms with Crippen molar-refractivity contribution in [1.29, 1.82) is 0 Å². The fourth-order valence-electron chi connectivity index (χ4n) is 1.71. The van der Waals surface area contributed by atoms with Crippen LogP contribution in [-0.4, -0.2) is 18.2 Å². The molecule has 0 saturated carbocycles. The fraction of sp³-hybridized carbons (Fsp3) is 0.385. The van der Waals surface area contributed by atoms with Gasteiger partial charge in [-0.3, -0.25) is 4.79 Å². The molecular formula is C13H13F3O2. The Morgan fingerprint density at radius 2 is 1.83 bits per heavy atom. The normalized spacial score (nSPS) is 13.1. The lowest BCUT2D eigenvalue weighted by atomic mass is 9.90. The van der Waals surface area contributed by atoms with Gasteiger partial charge in [0.05, 0.1) is 6.42 Å². The van der Waals surface area contributed by atoms with E-state index in [0.717, 1.165) is 0 Å². The first-order valence-corrected chi connectivity index (χ1v) is 5.53. The second-order valence-corrected chi connectivity index (χ2v) is 3.99. The van der Waals surface area contributed by atoms with Crippen LogP contribution in [0.4, 0.5) is 13.2 Å². The molecule has 5 heteroatoms. The quantitative estimate of drug-likeness (QED) is 0.578. The lowest BCUT2D eigenvalue weighted by Gasteiger charge is -2.16. The van der Waals surface area contributed by atoms with E-state index in [1.807, 2.05) is 0 Å². The predicted octanol–water partition coefficient (Wildman–Crippen LogP) is 3.42. The van der Waals surface area contributed by atoms with Crippen LogP contribution in [0.1, 0.15) is 29.6 Å². The summed E-state index contributed by atoms with van der Waals surface area (Å²) in [6, 6.07) is 7.83. The summed E-state index contributed by atoms with van der Waals surface area (Å²) < 4.78 is 37.1. The number of benzene rings is 1. The molecule has 0 heterocycles. The molecule has 1 rings (SSSR count). The van der Waals surface area contributed by atoms with E-state index >= 15 is 0 Å². The molecule has 1 aromatic carbocycles. The van der Waals surface area contributed by atoms with Gasteiger partial charge in [-0.25, -0.2) is 0 Å². The zero-order valence-electron chi connectivity index (χ0n) is 9.61. The monoisotopic (exact) mass is 258 g/mol. The van der Waals surface area contributed by atoms with E-state index in [0.29, 0.717) is 6.29 Å². The van der Waals surface area contributed by atoms with Crippen LogP contribution >= 0.6 is 0 Å². The molecule has 0 aliphatic heterocycles. The van der Waals surface area contributed by atoms with E-state index in [1.54, 1.807) is 18.2 Å². The van der Waals surface area contributed by atoms with E-state index in [4.69, 9.17) is 0 Å². The molecule has 18 heavy (non-hydrogen) atoms. The smallest absolute Gasteiger partial charge is 0.303 e. The molecular weight excluding hydrogens is 245 g/mol. The number of carbonyl (C=O) groups excluding carboxylic acids is 2. The molecule has 0 bridgehead atoms. The average molecular weight is 258 g/mol. The van der Waals surface area contributed by atoms with Crippen molar-refractivity contribution in [2.45, 2.75) is 25.4 Å². The van der Waals surface area contributed by atoms with E-state index < -0.39 is 24.3 Å². The van der Waals surface area contributed by atoms with Crippen molar-refractivity contribution in [1.82, 2.24) is 0 Å². The highest BCUT2D eigenvalue weighted by Crippen LogP contribution is 2.29. The van der Waals surface area contributed by atoms with Crippen molar-refractivity contribution in [2.24, 2.45) is 5.92 Å². The molecule has 98 valence electrons. The second kappa shape index (κ2) is 6.33. The summed E-state index contributed by atoms with van der Waals surface area (Å²) >= 11 is 0. The Kier molecular flexibility index (Phi) is 5.07. The number of Topliss-reactive ketones (excluding diaryl/α,β-unsaturated/α-hetero) is 1. The topological polar surface area (TPSA) is 34.1 Å². The van der Waals surface area contributed by atoms with Crippen LogP contribution in [-0.2, 0) is 4.79 Å². The Balaban J connectivity index is 2.82. The molecule has 0 N–H and O–H groups in total. The van der Waals surface area contributed by atoms with Crippen LogP contribution in [0, 0.1) is 5.92 Å². The van der Waals surface area contributed by atoms with Crippen LogP contribution in [0.5, 0.6) is 0 Å². The summed E-state index contributed by atoms with van der Waals surface area (Å²) in [5.74, 6) is -1.74. The van der Waals surface area contributed by atoms with Crippen molar-refractivity contribution >= 4 is 12.1 Å². The summed E-state index contributed by atoms with van der Waals surface area (Å²) in [4.78, 5) is 22.2. The van der Waals surface area contributed by atoms with Gasteiger partial charge in [-0.2, -0.15) is 13.2 Å². The second-order valence-electron chi connectivity index (χ2n) is 3.99. The molecule has 0 aliphatic carbocycles. The van der Waals surface area contributed by atoms with Crippen molar-refractivity contribution in [3.63, 3.8) is 0 Å². The van der Waals surface area contributed by atoms with Crippen molar-refractivity contribution in [3.05, 3.63) is 35.9 Å². The SMILES string of the molecule is O=CCCC(CC(F)(F)F)C(=O)c1ccccc1. The van der Waals surface area contributed by atoms with E-state index in [2.05, 4.69) is 0 Å². The van der Waals surface area contributed by atoms with Crippen LogP contribution in [0.2, 0.25) is 0 Å². The number of hydrogen-bond donors (Lipinski definition) is 0. The van der Waals surface area contributed by atoms with Gasteiger partial charge in [0.2, 0.25) is 0 Å². The van der Waals surface area contributed by atoms with Gasteiger partial charge in [0, 0.05) is 17.9 Å². The van der Waals surface area contributed by atoms with Crippen LogP contribution in [0.3, 0.4) is 0 Å². The van der Waals surface area contributed by atoms with Crippen LogP contribution in [0.15, 0.2) is 30.3 Å². The first kappa shape index (κ1) is 14.4. The highest BCUT2D eigenvalue weighted by molar-refractivity contribution is 5.97. The van der Waals surface area contributed by atoms with E-state index in [-0.39, 0.29) is 18.4 Å². The third-order valence-corrected chi connectivity index (χ3v) is 2.54. The maximum Gasteiger partial charge on any atom is 0.389 e. The van der Waals surface area contributed by atoms with Gasteiger partial charge in [-0.15, -0.1) is 0 Å². The van der Waals surface area contributed by atoms with Gasteiger partial charge in [0.25, 0.3) is 0 Å². The minimum atomic E-state index is -4.40. The number of rotatable bonds is 6. The lowest BCUT2D eigenvalue weighted by Crippen LogP contribution is -2.23. The number of halogens is 3. The number of hydrogen-bond acceptors (Lipinski definition) is 2. The van der Waals surface area contributed by atoms with Gasteiger partial charge in [0.15, 0.2) is 5.78 Å². The first-order valence-electron chi connectivity index (χ1n) is 5.53. The molecule has 0 saturated heterocycles. The van der Waals surface area contributed by atoms with Gasteiger partial charge in [0.1, 0.15) is 6.29 Å². The molecule has 0 radical (unpaired) electrons. The Hall–Kier alpha value is -1.65. The summed E-state index contributed by atoms with van der Waals surface area (Å²) in [6.45, 7) is 0. The van der Waals surface area contributed by atoms with Crippen molar-refractivity contribution < 1.29 is 22.8 Å². The van der Waals surface area contributed by atoms with Gasteiger partial charge < -0.3 is 4.79 Å². The summed E-state index contributed by atoms with van der Waals surface area (Å²) in [5.41, 5.74) is 0.248. The van der Waals surface area contributed by atoms with Crippen LogP contribution < -0.4 is 0 Å². The highest BCUT2D eigenvalue weighted by atomic mass is 19.4. The molecule has 1 aromatic rings. The molecule has 0 fully saturated rings. The number of alkyl halides is 3. The zero-order chi connectivity index (χ0) is 13.6. The standard InChI is InChI=1S/C13H13F3O2/c14-13(15,16)9-11(7-4-8-17)12(18)10-5-2-1-3-6-10/h1-3,5-6,8,11H,4,7,9H2. The zero-order valence-corrected chi connectivity index (χ0v) is 9.61. The van der Waals surface area contributed by atoms with E-state index in [9.17, 15) is 22.8 Å². The Morgan fingerprint density at radius 1 is 1.22 bits per heavy atom. The third-order valence-electron chi connectivity index (χ3n) is 2.54. The molecule has 0 aromatic heterocycles. The van der Waals surface area contributed by atoms with Crippen molar-refractivity contribution in [2.75, 3.05) is 0 Å². The van der Waals surface area contributed by atoms with Gasteiger partial charge >= 0.3 is 6.18 Å². The summed E-state index contributed by atoms with van der Waals surface area (Å²) in [6.07, 6.45) is -5.18. The van der Waals surface area contributed by atoms with Gasteiger partial charge in [-0.05, 0) is 6.42 Å². The number of aldehydes is 1. The maximum absolute atomic E-state index is 12.4. The number of ketones is 1. The minimum absolute atomic E-state index is 0.0423. The molecule has 0 aliphatic rings. The van der Waals surface area contributed by atoms with Gasteiger partial charge in [-0.1, -0.05) is 30.3 Å². The summed E-state index contributed by atoms with van der Waals surface area (Å²) in [7, 11) is 0. The van der Waals surface area contributed by atoms with E-state index in [1.165, 1.54) is 12.1 Å². The molecule has 0 amide bonds. The fourth-order valence-corrected chi connectivity index (χ4v) is 1.71. The predicted molar refractivity (Wildman–Crippen MR) is 60.2 cm³/mol. The number of carbonyl (C=O) groups is 2. The molecule has 2 nitrogen and oxygen atoms in total. The molecule has 1 atom stereocenters.